The van der Waals surface area contributed by atoms with Gasteiger partial charge in [0.25, 0.3) is 5.91 Å². The number of nitrogens with zero attached hydrogens (tertiary/aromatic N) is 3. The fourth-order valence-electron chi connectivity index (χ4n) is 4.24. The van der Waals surface area contributed by atoms with Crippen molar-refractivity contribution in [2.45, 2.75) is 12.0 Å². The molecule has 9 heteroatoms. The molecule has 0 bridgehead atoms. The number of hydrogen-bond acceptors (Lipinski definition) is 5. The van der Waals surface area contributed by atoms with Gasteiger partial charge in [0.15, 0.2) is 0 Å². The Morgan fingerprint density at radius 2 is 1.74 bits per heavy atom. The molecule has 2 atom stereocenters. The number of anilines is 1. The molecule has 2 aliphatic rings. The Morgan fingerprint density at radius 3 is 2.38 bits per heavy atom. The van der Waals surface area contributed by atoms with Crippen molar-refractivity contribution in [2.24, 2.45) is 5.10 Å². The number of carbonyl (C=O) groups excluding carboxylic acids is 2. The van der Waals surface area contributed by atoms with E-state index in [0.717, 1.165) is 20.5 Å². The summed E-state index contributed by atoms with van der Waals surface area (Å²) in [6, 6.07) is 21.3. The van der Waals surface area contributed by atoms with Crippen LogP contribution in [0.1, 0.15) is 17.0 Å². The van der Waals surface area contributed by atoms with Gasteiger partial charge < -0.3 is 4.74 Å². The lowest BCUT2D eigenvalue weighted by Crippen LogP contribution is -2.48. The average Bonchev–Trinajstić information content (AvgIpc) is 3.44. The minimum Gasteiger partial charge on any atom is -0.447 e. The zero-order valence-corrected chi connectivity index (χ0v) is 20.8. The molecule has 0 aromatic heterocycles. The maximum absolute atomic E-state index is 13.9. The van der Waals surface area contributed by atoms with Gasteiger partial charge in [0.2, 0.25) is 0 Å². The van der Waals surface area contributed by atoms with E-state index >= 15 is 0 Å². The predicted molar refractivity (Wildman–Crippen MR) is 136 cm³/mol. The van der Waals surface area contributed by atoms with Crippen molar-refractivity contribution >= 4 is 62.5 Å². The van der Waals surface area contributed by atoms with Crippen molar-refractivity contribution < 1.29 is 14.3 Å². The average molecular weight is 559 g/mol. The summed E-state index contributed by atoms with van der Waals surface area (Å²) in [7, 11) is 0. The number of amides is 2. The van der Waals surface area contributed by atoms with Crippen LogP contribution < -0.4 is 5.01 Å². The van der Waals surface area contributed by atoms with E-state index in [1.165, 1.54) is 0 Å². The summed E-state index contributed by atoms with van der Waals surface area (Å²) in [6.45, 7) is 0.366. The summed E-state index contributed by atoms with van der Waals surface area (Å²) in [4.78, 5) is 27.3. The van der Waals surface area contributed by atoms with E-state index in [2.05, 4.69) is 15.9 Å². The van der Waals surface area contributed by atoms with E-state index < -0.39 is 18.1 Å². The third-order valence-corrected chi connectivity index (χ3v) is 6.83. The van der Waals surface area contributed by atoms with Crippen LogP contribution in [0.15, 0.2) is 82.4 Å². The van der Waals surface area contributed by atoms with E-state index in [1.807, 2.05) is 54.6 Å². The number of hydrogen-bond donors (Lipinski definition) is 0. The second-order valence-electron chi connectivity index (χ2n) is 7.89. The molecule has 0 unspecified atom stereocenters. The standard InChI is InChI=1S/C25H18BrCl2N3O3/c26-17-6-10-20(11-7-17)31-23(24(32)30-12-13-34-25(30)33)21(15-4-8-18(27)9-5-15)22(29-31)16-2-1-3-19(28)14-16/h1-11,14,21,23H,12-13H2/t21-,23-/m0/s1. The van der Waals surface area contributed by atoms with Crippen LogP contribution in [0, 0.1) is 0 Å². The molecule has 0 saturated carbocycles. The first kappa shape index (κ1) is 22.9. The van der Waals surface area contributed by atoms with Crippen LogP contribution >= 0.6 is 39.1 Å². The van der Waals surface area contributed by atoms with E-state index in [-0.39, 0.29) is 19.1 Å². The number of hydrazone groups is 1. The topological polar surface area (TPSA) is 62.2 Å². The van der Waals surface area contributed by atoms with Gasteiger partial charge in [-0.1, -0.05) is 63.4 Å². The Balaban J connectivity index is 1.69. The zero-order valence-electron chi connectivity index (χ0n) is 17.7. The highest BCUT2D eigenvalue weighted by molar-refractivity contribution is 9.10. The van der Waals surface area contributed by atoms with Crippen molar-refractivity contribution in [3.63, 3.8) is 0 Å². The van der Waals surface area contributed by atoms with Crippen LogP contribution in [-0.4, -0.2) is 41.8 Å². The molecule has 2 amide bonds. The molecule has 1 fully saturated rings. The summed E-state index contributed by atoms with van der Waals surface area (Å²) < 4.78 is 5.95. The van der Waals surface area contributed by atoms with Crippen LogP contribution in [0.4, 0.5) is 10.5 Å². The number of benzene rings is 3. The molecule has 0 N–H and O–H groups in total. The summed E-state index contributed by atoms with van der Waals surface area (Å²) in [6.07, 6.45) is -0.646. The predicted octanol–water partition coefficient (Wildman–Crippen LogP) is 6.11. The lowest BCUT2D eigenvalue weighted by atomic mass is 9.84. The fraction of sp³-hybridized carbons (Fsp3) is 0.160. The highest BCUT2D eigenvalue weighted by Crippen LogP contribution is 2.39. The van der Waals surface area contributed by atoms with Crippen molar-refractivity contribution in [2.75, 3.05) is 18.2 Å². The quantitative estimate of drug-likeness (QED) is 0.387. The van der Waals surface area contributed by atoms with Gasteiger partial charge in [0.1, 0.15) is 12.6 Å². The summed E-state index contributed by atoms with van der Waals surface area (Å²) in [5.74, 6) is -0.869. The SMILES string of the molecule is O=C1OCCN1C(=O)[C@@H]1[C@@H](c2ccc(Cl)cc2)C(c2cccc(Cl)c2)=NN1c1ccc(Br)cc1. The van der Waals surface area contributed by atoms with Gasteiger partial charge in [-0.3, -0.25) is 9.80 Å². The number of cyclic esters (lactones) is 1. The van der Waals surface area contributed by atoms with Gasteiger partial charge in [0, 0.05) is 14.5 Å². The lowest BCUT2D eigenvalue weighted by molar-refractivity contribution is -0.129. The first-order valence-corrected chi connectivity index (χ1v) is 12.1. The first-order chi connectivity index (χ1) is 16.4. The highest BCUT2D eigenvalue weighted by atomic mass is 79.9. The second-order valence-corrected chi connectivity index (χ2v) is 9.68. The van der Waals surface area contributed by atoms with Crippen LogP contribution in [0.5, 0.6) is 0 Å². The minimum absolute atomic E-state index is 0.170. The minimum atomic E-state index is -0.818. The van der Waals surface area contributed by atoms with Crippen molar-refractivity contribution in [1.82, 2.24) is 4.90 Å². The van der Waals surface area contributed by atoms with Crippen molar-refractivity contribution in [1.29, 1.82) is 0 Å². The van der Waals surface area contributed by atoms with Crippen LogP contribution in [-0.2, 0) is 9.53 Å². The van der Waals surface area contributed by atoms with Crippen molar-refractivity contribution in [3.8, 4) is 0 Å². The summed E-state index contributed by atoms with van der Waals surface area (Å²) in [5.41, 5.74) is 3.01. The largest absolute Gasteiger partial charge is 0.447 e. The van der Waals surface area contributed by atoms with Gasteiger partial charge in [-0.05, 0) is 59.7 Å². The van der Waals surface area contributed by atoms with Gasteiger partial charge in [-0.25, -0.2) is 9.69 Å². The normalized spacial score (nSPS) is 19.9. The highest BCUT2D eigenvalue weighted by Gasteiger charge is 2.48. The monoisotopic (exact) mass is 557 g/mol. The molecular weight excluding hydrogens is 541 g/mol. The molecule has 0 radical (unpaired) electrons. The Bertz CT molecular complexity index is 1280. The van der Waals surface area contributed by atoms with Crippen molar-refractivity contribution in [3.05, 3.63) is 98.4 Å². The molecule has 0 spiro atoms. The zero-order chi connectivity index (χ0) is 23.8. The molecule has 34 heavy (non-hydrogen) atoms. The Hall–Kier alpha value is -2.87. The fourth-order valence-corrected chi connectivity index (χ4v) is 4.82. The third kappa shape index (κ3) is 4.31. The van der Waals surface area contributed by atoms with E-state index in [4.69, 9.17) is 33.0 Å². The summed E-state index contributed by atoms with van der Waals surface area (Å²) >= 11 is 15.9. The molecule has 2 heterocycles. The van der Waals surface area contributed by atoms with Crippen LogP contribution in [0.25, 0.3) is 0 Å². The molecule has 172 valence electrons. The molecule has 6 nitrogen and oxygen atoms in total. The molecule has 5 rings (SSSR count). The van der Waals surface area contributed by atoms with E-state index in [0.29, 0.717) is 21.4 Å². The Labute approximate surface area is 214 Å². The maximum atomic E-state index is 13.9. The van der Waals surface area contributed by atoms with E-state index in [1.54, 1.807) is 23.2 Å². The number of imide groups is 1. The molecule has 1 saturated heterocycles. The number of carbonyl (C=O) groups is 2. The number of ether oxygens (including phenoxy) is 1. The second kappa shape index (κ2) is 9.41. The molecule has 2 aliphatic heterocycles. The number of halogens is 3. The summed E-state index contributed by atoms with van der Waals surface area (Å²) in [5, 5.41) is 7.74. The molecule has 3 aromatic carbocycles. The van der Waals surface area contributed by atoms with E-state index in [9.17, 15) is 9.59 Å². The lowest BCUT2D eigenvalue weighted by Gasteiger charge is -2.29. The van der Waals surface area contributed by atoms with Gasteiger partial charge in [0.05, 0.1) is 23.9 Å². The third-order valence-electron chi connectivity index (χ3n) is 5.81. The Morgan fingerprint density at radius 1 is 1.00 bits per heavy atom. The number of rotatable bonds is 4. The Kier molecular flexibility index (Phi) is 6.34. The smallest absolute Gasteiger partial charge is 0.416 e. The maximum Gasteiger partial charge on any atom is 0.416 e. The van der Waals surface area contributed by atoms with Crippen LogP contribution in [0.2, 0.25) is 10.0 Å². The van der Waals surface area contributed by atoms with Gasteiger partial charge in [-0.15, -0.1) is 0 Å². The molecular formula is C25H18BrCl2N3O3. The molecule has 0 aliphatic carbocycles. The van der Waals surface area contributed by atoms with Gasteiger partial charge >= 0.3 is 6.09 Å². The van der Waals surface area contributed by atoms with Crippen LogP contribution in [0.3, 0.4) is 0 Å². The molecule has 3 aromatic rings. The first-order valence-electron chi connectivity index (χ1n) is 10.6. The van der Waals surface area contributed by atoms with Gasteiger partial charge in [-0.2, -0.15) is 5.10 Å².